The highest BCUT2D eigenvalue weighted by atomic mass is 16.5. The summed E-state index contributed by atoms with van der Waals surface area (Å²) in [6.45, 7) is 4.27. The number of rotatable bonds is 10. The van der Waals surface area contributed by atoms with E-state index in [1.165, 1.54) is 11.1 Å². The van der Waals surface area contributed by atoms with E-state index >= 15 is 0 Å². The molecule has 0 spiro atoms. The van der Waals surface area contributed by atoms with Crippen molar-refractivity contribution in [3.8, 4) is 23.0 Å². The fourth-order valence-corrected chi connectivity index (χ4v) is 2.95. The molecule has 0 bridgehead atoms. The number of hydrogen-bond acceptors (Lipinski definition) is 4. The lowest BCUT2D eigenvalue weighted by Gasteiger charge is -2.12. The summed E-state index contributed by atoms with van der Waals surface area (Å²) in [5.41, 5.74) is 2.41. The molecule has 0 radical (unpaired) electrons. The molecule has 0 aliphatic carbocycles. The van der Waals surface area contributed by atoms with Gasteiger partial charge in [0.25, 0.3) is 0 Å². The first-order chi connectivity index (χ1) is 13.8. The fourth-order valence-electron chi connectivity index (χ4n) is 2.95. The van der Waals surface area contributed by atoms with Gasteiger partial charge in [-0.2, -0.15) is 0 Å². The smallest absolute Gasteiger partial charge is 0.161 e. The molecule has 0 saturated carbocycles. The minimum Gasteiger partial charge on any atom is -0.493 e. The highest BCUT2D eigenvalue weighted by molar-refractivity contribution is 5.43. The molecule has 0 amide bonds. The van der Waals surface area contributed by atoms with Crippen molar-refractivity contribution >= 4 is 0 Å². The molecule has 4 heteroatoms. The van der Waals surface area contributed by atoms with Crippen LogP contribution in [-0.2, 0) is 13.0 Å². The van der Waals surface area contributed by atoms with Crippen molar-refractivity contribution in [1.82, 2.24) is 5.32 Å². The van der Waals surface area contributed by atoms with Crippen molar-refractivity contribution < 1.29 is 14.2 Å². The molecule has 0 aliphatic heterocycles. The summed E-state index contributed by atoms with van der Waals surface area (Å²) in [5.74, 6) is 3.27. The van der Waals surface area contributed by atoms with Gasteiger partial charge in [0.1, 0.15) is 11.5 Å². The summed E-state index contributed by atoms with van der Waals surface area (Å²) in [6.07, 6.45) is 0.921. The first kappa shape index (κ1) is 19.8. The van der Waals surface area contributed by atoms with Crippen LogP contribution in [-0.4, -0.2) is 20.3 Å². The van der Waals surface area contributed by atoms with Crippen LogP contribution in [0.2, 0.25) is 0 Å². The third-order valence-electron chi connectivity index (χ3n) is 4.32. The maximum Gasteiger partial charge on any atom is 0.161 e. The number of benzene rings is 3. The standard InChI is InChI=1S/C24H27NO3/c1-3-27-24-17-19(12-13-23(24)26-2)14-15-25-18-20-8-7-11-22(16-20)28-21-9-5-4-6-10-21/h4-13,16-17,25H,3,14-15,18H2,1-2H3. The van der Waals surface area contributed by atoms with Crippen LogP contribution >= 0.6 is 0 Å². The summed E-state index contributed by atoms with van der Waals surface area (Å²) in [7, 11) is 1.66. The Morgan fingerprint density at radius 1 is 0.786 bits per heavy atom. The van der Waals surface area contributed by atoms with Crippen LogP contribution in [0.3, 0.4) is 0 Å². The monoisotopic (exact) mass is 377 g/mol. The second-order valence-electron chi connectivity index (χ2n) is 6.41. The normalized spacial score (nSPS) is 10.5. The van der Waals surface area contributed by atoms with Gasteiger partial charge in [0.15, 0.2) is 11.5 Å². The maximum absolute atomic E-state index is 5.90. The summed E-state index contributed by atoms with van der Waals surface area (Å²) in [6, 6.07) is 24.1. The van der Waals surface area contributed by atoms with E-state index in [1.54, 1.807) is 7.11 Å². The Morgan fingerprint density at radius 3 is 2.39 bits per heavy atom. The van der Waals surface area contributed by atoms with Crippen molar-refractivity contribution in [2.45, 2.75) is 19.9 Å². The molecule has 0 saturated heterocycles. The average molecular weight is 377 g/mol. The first-order valence-corrected chi connectivity index (χ1v) is 9.60. The molecular formula is C24H27NO3. The Hall–Kier alpha value is -2.98. The van der Waals surface area contributed by atoms with E-state index in [4.69, 9.17) is 14.2 Å². The third-order valence-corrected chi connectivity index (χ3v) is 4.32. The highest BCUT2D eigenvalue weighted by Crippen LogP contribution is 2.28. The van der Waals surface area contributed by atoms with E-state index in [0.717, 1.165) is 42.5 Å². The van der Waals surface area contributed by atoms with Gasteiger partial charge in [0, 0.05) is 6.54 Å². The van der Waals surface area contributed by atoms with Gasteiger partial charge in [-0.25, -0.2) is 0 Å². The molecule has 146 valence electrons. The Labute approximate surface area is 167 Å². The van der Waals surface area contributed by atoms with Crippen LogP contribution in [0.1, 0.15) is 18.1 Å². The minimum absolute atomic E-state index is 0.624. The van der Waals surface area contributed by atoms with E-state index in [1.807, 2.05) is 55.5 Å². The van der Waals surface area contributed by atoms with Crippen molar-refractivity contribution in [3.63, 3.8) is 0 Å². The van der Waals surface area contributed by atoms with Gasteiger partial charge >= 0.3 is 0 Å². The van der Waals surface area contributed by atoms with Gasteiger partial charge in [-0.05, 0) is 67.4 Å². The molecular weight excluding hydrogens is 350 g/mol. The molecule has 0 atom stereocenters. The molecule has 0 fully saturated rings. The lowest BCUT2D eigenvalue weighted by atomic mass is 10.1. The molecule has 3 aromatic rings. The molecule has 4 nitrogen and oxygen atoms in total. The topological polar surface area (TPSA) is 39.7 Å². The third kappa shape index (κ3) is 5.76. The van der Waals surface area contributed by atoms with Gasteiger partial charge in [0.2, 0.25) is 0 Å². The Kier molecular flexibility index (Phi) is 7.33. The van der Waals surface area contributed by atoms with Gasteiger partial charge < -0.3 is 19.5 Å². The first-order valence-electron chi connectivity index (χ1n) is 9.60. The second kappa shape index (κ2) is 10.4. The molecule has 0 heterocycles. The van der Waals surface area contributed by atoms with E-state index < -0.39 is 0 Å². The molecule has 0 aromatic heterocycles. The highest BCUT2D eigenvalue weighted by Gasteiger charge is 2.05. The predicted octanol–water partition coefficient (Wildman–Crippen LogP) is 5.22. The Morgan fingerprint density at radius 2 is 1.61 bits per heavy atom. The van der Waals surface area contributed by atoms with Crippen molar-refractivity contribution in [3.05, 3.63) is 83.9 Å². The Bertz CT molecular complexity index is 865. The van der Waals surface area contributed by atoms with E-state index in [-0.39, 0.29) is 0 Å². The number of methoxy groups -OCH3 is 1. The van der Waals surface area contributed by atoms with E-state index in [9.17, 15) is 0 Å². The summed E-state index contributed by atoms with van der Waals surface area (Å²) >= 11 is 0. The van der Waals surface area contributed by atoms with Crippen LogP contribution in [0, 0.1) is 0 Å². The lowest BCUT2D eigenvalue weighted by Crippen LogP contribution is -2.16. The van der Waals surface area contributed by atoms with Crippen LogP contribution in [0.25, 0.3) is 0 Å². The van der Waals surface area contributed by atoms with Crippen LogP contribution in [0.4, 0.5) is 0 Å². The molecule has 0 unspecified atom stereocenters. The number of para-hydroxylation sites is 1. The molecule has 1 N–H and O–H groups in total. The maximum atomic E-state index is 5.90. The summed E-state index contributed by atoms with van der Waals surface area (Å²) in [4.78, 5) is 0. The molecule has 3 rings (SSSR count). The summed E-state index contributed by atoms with van der Waals surface area (Å²) in [5, 5.41) is 3.49. The minimum atomic E-state index is 0.624. The van der Waals surface area contributed by atoms with E-state index in [2.05, 4.69) is 29.6 Å². The summed E-state index contributed by atoms with van der Waals surface area (Å²) < 4.78 is 16.9. The number of ether oxygens (including phenoxy) is 3. The van der Waals surface area contributed by atoms with Crippen LogP contribution < -0.4 is 19.5 Å². The van der Waals surface area contributed by atoms with Gasteiger partial charge in [0.05, 0.1) is 13.7 Å². The predicted molar refractivity (Wildman–Crippen MR) is 113 cm³/mol. The van der Waals surface area contributed by atoms with E-state index in [0.29, 0.717) is 6.61 Å². The number of nitrogens with one attached hydrogen (secondary N) is 1. The second-order valence-corrected chi connectivity index (χ2v) is 6.41. The van der Waals surface area contributed by atoms with Crippen LogP contribution in [0.15, 0.2) is 72.8 Å². The van der Waals surface area contributed by atoms with Crippen molar-refractivity contribution in [2.75, 3.05) is 20.3 Å². The molecule has 28 heavy (non-hydrogen) atoms. The fraction of sp³-hybridized carbons (Fsp3) is 0.250. The van der Waals surface area contributed by atoms with Crippen molar-refractivity contribution in [2.24, 2.45) is 0 Å². The zero-order valence-electron chi connectivity index (χ0n) is 16.5. The number of hydrogen-bond donors (Lipinski definition) is 1. The zero-order chi connectivity index (χ0) is 19.6. The largest absolute Gasteiger partial charge is 0.493 e. The Balaban J connectivity index is 1.50. The zero-order valence-corrected chi connectivity index (χ0v) is 16.5. The van der Waals surface area contributed by atoms with Gasteiger partial charge in [-0.3, -0.25) is 0 Å². The van der Waals surface area contributed by atoms with Gasteiger partial charge in [-0.1, -0.05) is 36.4 Å². The lowest BCUT2D eigenvalue weighted by molar-refractivity contribution is 0.310. The molecule has 3 aromatic carbocycles. The quantitative estimate of drug-likeness (QED) is 0.492. The van der Waals surface area contributed by atoms with Gasteiger partial charge in [-0.15, -0.1) is 0 Å². The SMILES string of the molecule is CCOc1cc(CCNCc2cccc(Oc3ccccc3)c2)ccc1OC. The van der Waals surface area contributed by atoms with Crippen LogP contribution in [0.5, 0.6) is 23.0 Å². The average Bonchev–Trinajstić information content (AvgIpc) is 2.73. The molecule has 0 aliphatic rings. The van der Waals surface area contributed by atoms with Crippen molar-refractivity contribution in [1.29, 1.82) is 0 Å².